The highest BCUT2D eigenvalue weighted by Gasteiger charge is 2.29. The molecule has 1 amide bonds. The SMILES string of the molecule is CC1CN(C(=O)C(C)(C)C)CCS1. The van der Waals surface area contributed by atoms with E-state index in [0.717, 1.165) is 18.8 Å². The molecule has 1 heterocycles. The Labute approximate surface area is 85.1 Å². The third-order valence-electron chi connectivity index (χ3n) is 2.17. The maximum absolute atomic E-state index is 11.9. The van der Waals surface area contributed by atoms with E-state index in [-0.39, 0.29) is 5.41 Å². The quantitative estimate of drug-likeness (QED) is 0.597. The van der Waals surface area contributed by atoms with E-state index < -0.39 is 0 Å². The molecule has 0 aromatic rings. The zero-order valence-electron chi connectivity index (χ0n) is 8.96. The molecule has 0 aromatic carbocycles. The Morgan fingerprint density at radius 3 is 2.54 bits per heavy atom. The summed E-state index contributed by atoms with van der Waals surface area (Å²) in [5.74, 6) is 1.38. The predicted octanol–water partition coefficient (Wildman–Crippen LogP) is 2.00. The Morgan fingerprint density at radius 2 is 2.08 bits per heavy atom. The highest BCUT2D eigenvalue weighted by molar-refractivity contribution is 7.99. The van der Waals surface area contributed by atoms with Crippen molar-refractivity contribution in [3.63, 3.8) is 0 Å². The molecular weight excluding hydrogens is 182 g/mol. The van der Waals surface area contributed by atoms with Gasteiger partial charge in [0.1, 0.15) is 0 Å². The van der Waals surface area contributed by atoms with Crippen molar-refractivity contribution < 1.29 is 4.79 Å². The van der Waals surface area contributed by atoms with Gasteiger partial charge in [-0.1, -0.05) is 27.7 Å². The Hall–Kier alpha value is -0.180. The zero-order valence-corrected chi connectivity index (χ0v) is 9.78. The molecule has 0 spiro atoms. The van der Waals surface area contributed by atoms with Crippen LogP contribution in [0.15, 0.2) is 0 Å². The topological polar surface area (TPSA) is 20.3 Å². The largest absolute Gasteiger partial charge is 0.340 e. The number of amides is 1. The summed E-state index contributed by atoms with van der Waals surface area (Å²) in [4.78, 5) is 13.9. The minimum Gasteiger partial charge on any atom is -0.340 e. The summed E-state index contributed by atoms with van der Waals surface area (Å²) >= 11 is 1.96. The average Bonchev–Trinajstić information content (AvgIpc) is 2.01. The lowest BCUT2D eigenvalue weighted by molar-refractivity contribution is -0.139. The van der Waals surface area contributed by atoms with Crippen LogP contribution in [0.25, 0.3) is 0 Å². The van der Waals surface area contributed by atoms with Crippen molar-refractivity contribution in [2.75, 3.05) is 18.8 Å². The van der Waals surface area contributed by atoms with Crippen LogP contribution in [-0.4, -0.2) is 34.9 Å². The maximum atomic E-state index is 11.9. The van der Waals surface area contributed by atoms with Crippen LogP contribution in [0.4, 0.5) is 0 Å². The van der Waals surface area contributed by atoms with Gasteiger partial charge in [0, 0.05) is 29.5 Å². The fourth-order valence-corrected chi connectivity index (χ4v) is 2.49. The van der Waals surface area contributed by atoms with Gasteiger partial charge in [0.2, 0.25) is 5.91 Å². The second-order valence-electron chi connectivity index (χ2n) is 4.68. The molecule has 1 saturated heterocycles. The van der Waals surface area contributed by atoms with Gasteiger partial charge in [0.05, 0.1) is 0 Å². The van der Waals surface area contributed by atoms with Gasteiger partial charge in [-0.15, -0.1) is 0 Å². The van der Waals surface area contributed by atoms with Crippen LogP contribution in [0, 0.1) is 5.41 Å². The minimum atomic E-state index is -0.221. The van der Waals surface area contributed by atoms with Gasteiger partial charge in [-0.2, -0.15) is 11.8 Å². The number of nitrogens with zero attached hydrogens (tertiary/aromatic N) is 1. The third kappa shape index (κ3) is 2.90. The normalized spacial score (nSPS) is 24.6. The van der Waals surface area contributed by atoms with Crippen molar-refractivity contribution in [3.8, 4) is 0 Å². The van der Waals surface area contributed by atoms with Crippen LogP contribution < -0.4 is 0 Å². The molecule has 0 aromatic heterocycles. The molecule has 0 saturated carbocycles. The molecule has 0 aliphatic carbocycles. The highest BCUT2D eigenvalue weighted by atomic mass is 32.2. The molecule has 1 fully saturated rings. The van der Waals surface area contributed by atoms with E-state index in [2.05, 4.69) is 6.92 Å². The Bertz CT molecular complexity index is 198. The molecule has 76 valence electrons. The molecule has 1 rings (SSSR count). The Balaban J connectivity index is 2.56. The second kappa shape index (κ2) is 3.91. The van der Waals surface area contributed by atoms with Gasteiger partial charge in [-0.05, 0) is 0 Å². The zero-order chi connectivity index (χ0) is 10.1. The molecule has 1 aliphatic rings. The van der Waals surface area contributed by atoms with Crippen LogP contribution in [0.5, 0.6) is 0 Å². The fourth-order valence-electron chi connectivity index (χ4n) is 1.48. The summed E-state index contributed by atoms with van der Waals surface area (Å²) in [6.45, 7) is 9.99. The lowest BCUT2D eigenvalue weighted by Crippen LogP contribution is -2.46. The number of rotatable bonds is 0. The van der Waals surface area contributed by atoms with E-state index in [4.69, 9.17) is 0 Å². The van der Waals surface area contributed by atoms with Crippen molar-refractivity contribution in [1.29, 1.82) is 0 Å². The molecule has 1 atom stereocenters. The van der Waals surface area contributed by atoms with Gasteiger partial charge in [-0.3, -0.25) is 4.79 Å². The van der Waals surface area contributed by atoms with Crippen molar-refractivity contribution in [2.24, 2.45) is 5.41 Å². The summed E-state index contributed by atoms with van der Waals surface area (Å²) in [7, 11) is 0. The number of hydrogen-bond donors (Lipinski definition) is 0. The molecule has 0 N–H and O–H groups in total. The first-order valence-corrected chi connectivity index (χ1v) is 5.87. The lowest BCUT2D eigenvalue weighted by Gasteiger charge is -2.34. The van der Waals surface area contributed by atoms with Crippen LogP contribution in [0.1, 0.15) is 27.7 Å². The maximum Gasteiger partial charge on any atom is 0.228 e. The summed E-state index contributed by atoms with van der Waals surface area (Å²) in [6.07, 6.45) is 0. The smallest absolute Gasteiger partial charge is 0.228 e. The first-order valence-electron chi connectivity index (χ1n) is 4.82. The molecular formula is C10H19NOS. The molecule has 1 aliphatic heterocycles. The fraction of sp³-hybridized carbons (Fsp3) is 0.900. The van der Waals surface area contributed by atoms with Crippen molar-refractivity contribution >= 4 is 17.7 Å². The summed E-state index contributed by atoms with van der Waals surface area (Å²) < 4.78 is 0. The minimum absolute atomic E-state index is 0.221. The first kappa shape index (κ1) is 10.9. The van der Waals surface area contributed by atoms with Gasteiger partial charge < -0.3 is 4.90 Å². The van der Waals surface area contributed by atoms with E-state index in [9.17, 15) is 4.79 Å². The number of hydrogen-bond acceptors (Lipinski definition) is 2. The van der Waals surface area contributed by atoms with Crippen LogP contribution in [0.2, 0.25) is 0 Å². The van der Waals surface area contributed by atoms with E-state index in [0.29, 0.717) is 11.2 Å². The summed E-state index contributed by atoms with van der Waals surface area (Å²) in [5.41, 5.74) is -0.221. The number of thioether (sulfide) groups is 1. The van der Waals surface area contributed by atoms with E-state index in [1.54, 1.807) is 0 Å². The second-order valence-corrected chi connectivity index (χ2v) is 6.23. The van der Waals surface area contributed by atoms with Gasteiger partial charge >= 0.3 is 0 Å². The van der Waals surface area contributed by atoms with E-state index in [1.165, 1.54) is 0 Å². The lowest BCUT2D eigenvalue weighted by atomic mass is 9.94. The standard InChI is InChI=1S/C10H19NOS/c1-8-7-11(5-6-13-8)9(12)10(2,3)4/h8H,5-7H2,1-4H3. The van der Waals surface area contributed by atoms with E-state index in [1.807, 2.05) is 37.4 Å². The van der Waals surface area contributed by atoms with Crippen LogP contribution >= 0.6 is 11.8 Å². The molecule has 13 heavy (non-hydrogen) atoms. The van der Waals surface area contributed by atoms with Gasteiger partial charge in [0.15, 0.2) is 0 Å². The Morgan fingerprint density at radius 1 is 1.46 bits per heavy atom. The van der Waals surface area contributed by atoms with Gasteiger partial charge in [-0.25, -0.2) is 0 Å². The summed E-state index contributed by atoms with van der Waals surface area (Å²) in [6, 6.07) is 0. The number of carbonyl (C=O) groups is 1. The third-order valence-corrected chi connectivity index (χ3v) is 3.31. The predicted molar refractivity (Wildman–Crippen MR) is 58.0 cm³/mol. The van der Waals surface area contributed by atoms with Crippen LogP contribution in [-0.2, 0) is 4.79 Å². The molecule has 3 heteroatoms. The van der Waals surface area contributed by atoms with Crippen LogP contribution in [0.3, 0.4) is 0 Å². The van der Waals surface area contributed by atoms with Gasteiger partial charge in [0.25, 0.3) is 0 Å². The molecule has 1 unspecified atom stereocenters. The highest BCUT2D eigenvalue weighted by Crippen LogP contribution is 2.23. The van der Waals surface area contributed by atoms with Crippen molar-refractivity contribution in [2.45, 2.75) is 32.9 Å². The average molecular weight is 201 g/mol. The first-order chi connectivity index (χ1) is 5.91. The van der Waals surface area contributed by atoms with E-state index >= 15 is 0 Å². The Kier molecular flexibility index (Phi) is 3.28. The molecule has 0 radical (unpaired) electrons. The molecule has 2 nitrogen and oxygen atoms in total. The molecule has 0 bridgehead atoms. The monoisotopic (exact) mass is 201 g/mol. The number of carbonyl (C=O) groups excluding carboxylic acids is 1. The van der Waals surface area contributed by atoms with Crippen molar-refractivity contribution in [1.82, 2.24) is 4.90 Å². The van der Waals surface area contributed by atoms with Crippen molar-refractivity contribution in [3.05, 3.63) is 0 Å². The summed E-state index contributed by atoms with van der Waals surface area (Å²) in [5, 5.41) is 0.597.